The number of hydrogen-bond acceptors (Lipinski definition) is 6. The van der Waals surface area contributed by atoms with E-state index in [1.165, 1.54) is 31.9 Å². The fraction of sp³-hybridized carbons (Fsp3) is 0.846. The molecule has 10 heteroatoms. The molecule has 0 aromatic carbocycles. The smallest absolute Gasteiger partial charge is 0.314 e. The number of phosphoric acid groups is 1. The van der Waals surface area contributed by atoms with E-state index in [0.29, 0.717) is 6.61 Å². The van der Waals surface area contributed by atoms with Gasteiger partial charge in [0.15, 0.2) is 0 Å². The van der Waals surface area contributed by atoms with E-state index >= 15 is 0 Å². The third-order valence-corrected chi connectivity index (χ3v) is 2.34. The van der Waals surface area contributed by atoms with Crippen LogP contribution in [0.25, 0.3) is 0 Å². The van der Waals surface area contributed by atoms with E-state index in [-0.39, 0.29) is 0 Å². The summed E-state index contributed by atoms with van der Waals surface area (Å²) in [6.07, 6.45) is 10.2. The standard InChI is InChI=1S/C13H26O5.H3O4P/c1-4-11-14-16-18-17-15-12-9-7-5-6-8-10-13(2)3;1-5(2,3)4/h4,11,13H,5-10,12H2,1-3H3;(H3,1,2,3,4). The Kier molecular flexibility index (Phi) is 19.2. The minimum atomic E-state index is -4.64. The average molecular weight is 360 g/mol. The van der Waals surface area contributed by atoms with E-state index in [2.05, 4.69) is 33.8 Å². The van der Waals surface area contributed by atoms with Gasteiger partial charge in [0.2, 0.25) is 0 Å². The Morgan fingerprint density at radius 3 is 2.09 bits per heavy atom. The van der Waals surface area contributed by atoms with Crippen molar-refractivity contribution in [3.63, 3.8) is 0 Å². The van der Waals surface area contributed by atoms with Crippen molar-refractivity contribution in [2.75, 3.05) is 6.61 Å². The Balaban J connectivity index is 0. The van der Waals surface area contributed by atoms with Crippen LogP contribution in [0.1, 0.15) is 59.3 Å². The SMILES string of the molecule is CC=COOOOOCCCCCCCC(C)C.O=P(O)(O)O. The normalized spacial score (nSPS) is 11.6. The van der Waals surface area contributed by atoms with Gasteiger partial charge in [-0.1, -0.05) is 46.0 Å². The highest BCUT2D eigenvalue weighted by molar-refractivity contribution is 7.45. The number of rotatable bonds is 13. The Morgan fingerprint density at radius 2 is 1.52 bits per heavy atom. The van der Waals surface area contributed by atoms with Crippen LogP contribution in [-0.4, -0.2) is 21.3 Å². The first-order chi connectivity index (χ1) is 10.8. The lowest BCUT2D eigenvalue weighted by atomic mass is 10.0. The Labute approximate surface area is 137 Å². The lowest BCUT2D eigenvalue weighted by molar-refractivity contribution is -0.700. The first-order valence-corrected chi connectivity index (χ1v) is 9.01. The van der Waals surface area contributed by atoms with Crippen LogP contribution in [-0.2, 0) is 29.5 Å². The Bertz CT molecular complexity index is 296. The van der Waals surface area contributed by atoms with Crippen molar-refractivity contribution in [1.29, 1.82) is 0 Å². The molecule has 0 radical (unpaired) electrons. The summed E-state index contributed by atoms with van der Waals surface area (Å²) in [6.45, 7) is 6.78. The fourth-order valence-electron chi connectivity index (χ4n) is 1.40. The summed E-state index contributed by atoms with van der Waals surface area (Å²) in [5.41, 5.74) is 0. The van der Waals surface area contributed by atoms with Crippen molar-refractivity contribution in [3.05, 3.63) is 12.3 Å². The highest BCUT2D eigenvalue weighted by Crippen LogP contribution is 2.25. The zero-order valence-electron chi connectivity index (χ0n) is 13.9. The van der Waals surface area contributed by atoms with E-state index in [4.69, 9.17) is 24.1 Å². The highest BCUT2D eigenvalue weighted by Gasteiger charge is 2.00. The van der Waals surface area contributed by atoms with Crippen LogP contribution >= 0.6 is 7.82 Å². The van der Waals surface area contributed by atoms with E-state index in [1.807, 2.05) is 0 Å². The van der Waals surface area contributed by atoms with Crippen molar-refractivity contribution in [2.24, 2.45) is 5.92 Å². The van der Waals surface area contributed by atoms with Crippen molar-refractivity contribution < 1.29 is 44.1 Å². The van der Waals surface area contributed by atoms with E-state index < -0.39 is 7.82 Å². The molecule has 0 aliphatic carbocycles. The van der Waals surface area contributed by atoms with Crippen LogP contribution < -0.4 is 0 Å². The van der Waals surface area contributed by atoms with E-state index in [1.54, 1.807) is 13.0 Å². The van der Waals surface area contributed by atoms with Gasteiger partial charge >= 0.3 is 7.82 Å². The second-order valence-corrected chi connectivity index (χ2v) is 6.08. The first-order valence-electron chi connectivity index (χ1n) is 7.45. The van der Waals surface area contributed by atoms with Crippen LogP contribution in [0, 0.1) is 5.92 Å². The molecule has 0 unspecified atom stereocenters. The number of hydrogen-bond donors (Lipinski definition) is 3. The van der Waals surface area contributed by atoms with Gasteiger partial charge in [0.1, 0.15) is 6.26 Å². The molecule has 0 aliphatic heterocycles. The van der Waals surface area contributed by atoms with Gasteiger partial charge in [-0.25, -0.2) is 9.45 Å². The highest BCUT2D eigenvalue weighted by atomic mass is 31.2. The molecule has 0 atom stereocenters. The molecule has 0 aromatic rings. The topological polar surface area (TPSA) is 124 Å². The summed E-state index contributed by atoms with van der Waals surface area (Å²) in [5.74, 6) is 0.809. The molecular weight excluding hydrogens is 331 g/mol. The summed E-state index contributed by atoms with van der Waals surface area (Å²) in [7, 11) is -4.64. The minimum absolute atomic E-state index is 0.483. The summed E-state index contributed by atoms with van der Waals surface area (Å²) in [5, 5.41) is 12.5. The molecule has 9 nitrogen and oxygen atoms in total. The predicted molar refractivity (Wildman–Crippen MR) is 81.9 cm³/mol. The Hall–Kier alpha value is -0.510. The summed E-state index contributed by atoms with van der Waals surface area (Å²) >= 11 is 0. The molecule has 0 amide bonds. The molecular formula is C13H29O9P. The van der Waals surface area contributed by atoms with Gasteiger partial charge in [-0.15, -0.1) is 0 Å². The van der Waals surface area contributed by atoms with Crippen molar-refractivity contribution in [1.82, 2.24) is 0 Å². The summed E-state index contributed by atoms with van der Waals surface area (Å²) < 4.78 is 8.88. The third-order valence-electron chi connectivity index (χ3n) is 2.34. The zero-order chi connectivity index (χ0) is 18.0. The number of unbranched alkanes of at least 4 members (excludes halogenated alkanes) is 4. The van der Waals surface area contributed by atoms with Gasteiger partial charge in [-0.05, 0) is 30.4 Å². The van der Waals surface area contributed by atoms with Gasteiger partial charge in [0.05, 0.1) is 6.61 Å². The lowest BCUT2D eigenvalue weighted by Gasteiger charge is -2.04. The second kappa shape index (κ2) is 17.8. The van der Waals surface area contributed by atoms with Gasteiger partial charge in [-0.2, -0.15) is 0 Å². The van der Waals surface area contributed by atoms with Crippen molar-refractivity contribution in [3.8, 4) is 0 Å². The van der Waals surface area contributed by atoms with Crippen molar-refractivity contribution >= 4 is 7.82 Å². The average Bonchev–Trinajstić information content (AvgIpc) is 2.42. The van der Waals surface area contributed by atoms with Gasteiger partial charge in [0.25, 0.3) is 0 Å². The molecule has 140 valence electrons. The summed E-state index contributed by atoms with van der Waals surface area (Å²) in [6, 6.07) is 0. The summed E-state index contributed by atoms with van der Waals surface area (Å²) in [4.78, 5) is 30.6. The predicted octanol–water partition coefficient (Wildman–Crippen LogP) is 3.33. The maximum Gasteiger partial charge on any atom is 0.466 e. The minimum Gasteiger partial charge on any atom is -0.314 e. The molecule has 0 fully saturated rings. The first kappa shape index (κ1) is 24.7. The maximum absolute atomic E-state index is 8.88. The lowest BCUT2D eigenvalue weighted by Crippen LogP contribution is -1.99. The Morgan fingerprint density at radius 1 is 0.957 bits per heavy atom. The molecule has 0 heterocycles. The van der Waals surface area contributed by atoms with Crippen LogP contribution in [0.3, 0.4) is 0 Å². The largest absolute Gasteiger partial charge is 0.466 e. The number of allylic oxidation sites excluding steroid dienone is 1. The van der Waals surface area contributed by atoms with Gasteiger partial charge < -0.3 is 19.6 Å². The van der Waals surface area contributed by atoms with Gasteiger partial charge in [0, 0.05) is 10.1 Å². The van der Waals surface area contributed by atoms with Crippen molar-refractivity contribution in [2.45, 2.75) is 59.3 Å². The zero-order valence-corrected chi connectivity index (χ0v) is 14.8. The third kappa shape index (κ3) is 38.9. The molecule has 0 aliphatic rings. The maximum atomic E-state index is 8.88. The van der Waals surface area contributed by atoms with E-state index in [0.717, 1.165) is 18.8 Å². The molecule has 3 N–H and O–H groups in total. The fourth-order valence-corrected chi connectivity index (χ4v) is 1.40. The van der Waals surface area contributed by atoms with E-state index in [9.17, 15) is 0 Å². The molecule has 0 aromatic heterocycles. The molecule has 0 bridgehead atoms. The van der Waals surface area contributed by atoms with Crippen LogP contribution in [0.2, 0.25) is 0 Å². The molecule has 23 heavy (non-hydrogen) atoms. The second-order valence-electron chi connectivity index (χ2n) is 5.06. The van der Waals surface area contributed by atoms with Crippen LogP contribution in [0.5, 0.6) is 0 Å². The molecule has 0 saturated carbocycles. The monoisotopic (exact) mass is 360 g/mol. The molecule has 0 saturated heterocycles. The quantitative estimate of drug-likeness (QED) is 0.149. The molecule has 0 rings (SSSR count). The van der Waals surface area contributed by atoms with Crippen LogP contribution in [0.4, 0.5) is 0 Å². The van der Waals surface area contributed by atoms with Crippen LogP contribution in [0.15, 0.2) is 12.3 Å². The van der Waals surface area contributed by atoms with Gasteiger partial charge in [-0.3, -0.25) is 0 Å². The molecule has 0 spiro atoms.